The molecule has 0 spiro atoms. The lowest BCUT2D eigenvalue weighted by Crippen LogP contribution is -2.60. The summed E-state index contributed by atoms with van der Waals surface area (Å²) in [5, 5.41) is 54.4. The van der Waals surface area contributed by atoms with Crippen molar-refractivity contribution in [3.8, 4) is 0 Å². The standard InChI is InChI=1S/C54H103NO8/c1-3-5-7-9-11-13-15-17-19-21-22-23-24-25-26-27-28-30-32-34-36-38-40-42-44-50(58)55-47(46-62-54-53(61)52(60)51(59)49(45-56)63-54)48(57)43-41-39-37-35-33-31-29-20-18-16-14-12-10-8-6-4-2/h25-26,41,43,47-49,51-54,56-57,59-61H,3-24,27-40,42,44-46H2,1-2H3,(H,55,58)/b26-25-,43-41+. The van der Waals surface area contributed by atoms with Gasteiger partial charge in [-0.3, -0.25) is 4.79 Å². The van der Waals surface area contributed by atoms with Gasteiger partial charge in [-0.2, -0.15) is 0 Å². The van der Waals surface area contributed by atoms with Gasteiger partial charge < -0.3 is 40.3 Å². The molecule has 0 radical (unpaired) electrons. The zero-order valence-corrected chi connectivity index (χ0v) is 41.1. The van der Waals surface area contributed by atoms with Crippen LogP contribution in [0.5, 0.6) is 0 Å². The predicted molar refractivity (Wildman–Crippen MR) is 263 cm³/mol. The third-order valence-corrected chi connectivity index (χ3v) is 13.0. The Morgan fingerprint density at radius 3 is 1.29 bits per heavy atom. The van der Waals surface area contributed by atoms with Crippen molar-refractivity contribution < 1.29 is 39.8 Å². The fourth-order valence-electron chi connectivity index (χ4n) is 8.68. The van der Waals surface area contributed by atoms with Crippen molar-refractivity contribution in [2.45, 2.75) is 301 Å². The van der Waals surface area contributed by atoms with E-state index in [1.165, 1.54) is 199 Å². The van der Waals surface area contributed by atoms with E-state index in [1.807, 2.05) is 6.08 Å². The summed E-state index contributed by atoms with van der Waals surface area (Å²) in [6, 6.07) is -0.804. The second-order valence-corrected chi connectivity index (χ2v) is 19.0. The first-order valence-electron chi connectivity index (χ1n) is 27.1. The van der Waals surface area contributed by atoms with Gasteiger partial charge in [0.05, 0.1) is 25.4 Å². The van der Waals surface area contributed by atoms with Crippen LogP contribution in [0, 0.1) is 0 Å². The van der Waals surface area contributed by atoms with Gasteiger partial charge in [0.25, 0.3) is 0 Å². The largest absolute Gasteiger partial charge is 0.394 e. The molecule has 1 amide bonds. The lowest BCUT2D eigenvalue weighted by molar-refractivity contribution is -0.302. The van der Waals surface area contributed by atoms with Crippen molar-refractivity contribution in [1.82, 2.24) is 5.32 Å². The molecule has 1 rings (SSSR count). The van der Waals surface area contributed by atoms with Gasteiger partial charge in [0, 0.05) is 6.42 Å². The number of nitrogens with one attached hydrogen (secondary N) is 1. The minimum Gasteiger partial charge on any atom is -0.394 e. The number of carbonyl (C=O) groups is 1. The van der Waals surface area contributed by atoms with Gasteiger partial charge in [0.1, 0.15) is 24.4 Å². The van der Waals surface area contributed by atoms with E-state index < -0.39 is 49.5 Å². The van der Waals surface area contributed by atoms with Crippen molar-refractivity contribution in [3.05, 3.63) is 24.3 Å². The third kappa shape index (κ3) is 34.6. The highest BCUT2D eigenvalue weighted by atomic mass is 16.7. The van der Waals surface area contributed by atoms with Crippen LogP contribution in [0.15, 0.2) is 24.3 Å². The first-order valence-corrected chi connectivity index (χ1v) is 27.1. The second-order valence-electron chi connectivity index (χ2n) is 19.0. The molecule has 63 heavy (non-hydrogen) atoms. The number of amides is 1. The van der Waals surface area contributed by atoms with Crippen LogP contribution in [0.1, 0.15) is 258 Å². The van der Waals surface area contributed by atoms with Crippen molar-refractivity contribution in [1.29, 1.82) is 0 Å². The van der Waals surface area contributed by atoms with Gasteiger partial charge >= 0.3 is 0 Å². The molecule has 6 N–H and O–H groups in total. The summed E-state index contributed by atoms with van der Waals surface area (Å²) in [4.78, 5) is 13.0. The zero-order valence-electron chi connectivity index (χ0n) is 41.1. The lowest BCUT2D eigenvalue weighted by Gasteiger charge is -2.40. The molecule has 0 aromatic heterocycles. The van der Waals surface area contributed by atoms with Crippen molar-refractivity contribution in [2.24, 2.45) is 0 Å². The minimum atomic E-state index is -1.57. The van der Waals surface area contributed by atoms with Crippen molar-refractivity contribution in [3.63, 3.8) is 0 Å². The van der Waals surface area contributed by atoms with Gasteiger partial charge in [-0.1, -0.05) is 231 Å². The summed E-state index contributed by atoms with van der Waals surface area (Å²) < 4.78 is 11.2. The molecule has 9 heteroatoms. The predicted octanol–water partition coefficient (Wildman–Crippen LogP) is 12.6. The summed E-state index contributed by atoms with van der Waals surface area (Å²) in [6.45, 7) is 3.80. The quantitative estimate of drug-likeness (QED) is 0.0261. The van der Waals surface area contributed by atoms with Gasteiger partial charge in [-0.25, -0.2) is 0 Å². The van der Waals surface area contributed by atoms with E-state index in [0.717, 1.165) is 38.5 Å². The van der Waals surface area contributed by atoms with E-state index in [2.05, 4.69) is 31.3 Å². The Bertz CT molecular complexity index is 1040. The molecular weight excluding hydrogens is 791 g/mol. The highest BCUT2D eigenvalue weighted by Gasteiger charge is 2.44. The Balaban J connectivity index is 2.24. The summed E-state index contributed by atoms with van der Waals surface area (Å²) in [6.07, 6.45) is 48.0. The maximum Gasteiger partial charge on any atom is 0.220 e. The number of rotatable bonds is 46. The minimum absolute atomic E-state index is 0.177. The molecule has 0 aromatic rings. The Morgan fingerprint density at radius 1 is 0.524 bits per heavy atom. The number of unbranched alkanes of at least 4 members (excludes halogenated alkanes) is 34. The number of aliphatic hydroxyl groups is 5. The molecule has 0 saturated carbocycles. The molecule has 9 nitrogen and oxygen atoms in total. The summed E-state index contributed by atoms with van der Waals surface area (Å²) in [5.74, 6) is -0.177. The van der Waals surface area contributed by atoms with Crippen LogP contribution >= 0.6 is 0 Å². The normalized spacial score (nSPS) is 20.3. The molecule has 0 aliphatic carbocycles. The zero-order chi connectivity index (χ0) is 45.9. The fraction of sp³-hybridized carbons (Fsp3) is 0.907. The Hall–Kier alpha value is -1.33. The molecule has 1 saturated heterocycles. The van der Waals surface area contributed by atoms with Gasteiger partial charge in [-0.05, 0) is 44.9 Å². The van der Waals surface area contributed by atoms with E-state index >= 15 is 0 Å². The van der Waals surface area contributed by atoms with E-state index in [1.54, 1.807) is 6.08 Å². The van der Waals surface area contributed by atoms with Crippen LogP contribution in [-0.4, -0.2) is 87.5 Å². The number of hydrogen-bond acceptors (Lipinski definition) is 8. The average Bonchev–Trinajstić information content (AvgIpc) is 3.28. The van der Waals surface area contributed by atoms with Crippen LogP contribution in [0.4, 0.5) is 0 Å². The summed E-state index contributed by atoms with van der Waals surface area (Å²) in [7, 11) is 0. The van der Waals surface area contributed by atoms with E-state index in [4.69, 9.17) is 9.47 Å². The molecule has 1 fully saturated rings. The van der Waals surface area contributed by atoms with Crippen LogP contribution < -0.4 is 5.32 Å². The molecule has 372 valence electrons. The van der Waals surface area contributed by atoms with Crippen LogP contribution in [0.2, 0.25) is 0 Å². The monoisotopic (exact) mass is 894 g/mol. The van der Waals surface area contributed by atoms with E-state index in [-0.39, 0.29) is 12.5 Å². The number of aliphatic hydroxyl groups excluding tert-OH is 5. The molecule has 1 heterocycles. The third-order valence-electron chi connectivity index (χ3n) is 13.0. The van der Waals surface area contributed by atoms with Crippen LogP contribution in [0.3, 0.4) is 0 Å². The SMILES string of the molecule is CCCCCCCCCCCCCC/C=C\CCCCCCCCCCC(=O)NC(COC1OC(CO)C(O)C(O)C1O)C(O)/C=C/CCCCCCCCCCCCCCCC. The molecule has 7 atom stereocenters. The summed E-state index contributed by atoms with van der Waals surface area (Å²) >= 11 is 0. The Kier molecular flexibility index (Phi) is 42.2. The molecular formula is C54H103NO8. The second kappa shape index (κ2) is 44.5. The first kappa shape index (κ1) is 59.7. The van der Waals surface area contributed by atoms with E-state index in [9.17, 15) is 30.3 Å². The smallest absolute Gasteiger partial charge is 0.220 e. The highest BCUT2D eigenvalue weighted by Crippen LogP contribution is 2.23. The molecule has 0 bridgehead atoms. The van der Waals surface area contributed by atoms with Gasteiger partial charge in [0.15, 0.2) is 6.29 Å². The van der Waals surface area contributed by atoms with Crippen LogP contribution in [0.25, 0.3) is 0 Å². The van der Waals surface area contributed by atoms with E-state index in [0.29, 0.717) is 6.42 Å². The Morgan fingerprint density at radius 2 is 0.889 bits per heavy atom. The maximum atomic E-state index is 13.0. The molecule has 1 aliphatic rings. The molecule has 7 unspecified atom stereocenters. The van der Waals surface area contributed by atoms with Gasteiger partial charge in [-0.15, -0.1) is 0 Å². The topological polar surface area (TPSA) is 149 Å². The van der Waals surface area contributed by atoms with Crippen LogP contribution in [-0.2, 0) is 14.3 Å². The highest BCUT2D eigenvalue weighted by molar-refractivity contribution is 5.76. The van der Waals surface area contributed by atoms with Crippen molar-refractivity contribution in [2.75, 3.05) is 13.2 Å². The maximum absolute atomic E-state index is 13.0. The van der Waals surface area contributed by atoms with Gasteiger partial charge in [0.2, 0.25) is 5.91 Å². The number of carbonyl (C=O) groups excluding carboxylic acids is 1. The van der Waals surface area contributed by atoms with Crippen molar-refractivity contribution >= 4 is 5.91 Å². The first-order chi connectivity index (χ1) is 30.8. The fourth-order valence-corrected chi connectivity index (χ4v) is 8.68. The number of allylic oxidation sites excluding steroid dienone is 3. The lowest BCUT2D eigenvalue weighted by atomic mass is 9.99. The number of ether oxygens (including phenoxy) is 2. The Labute approximate surface area is 388 Å². The molecule has 1 aliphatic heterocycles. The molecule has 0 aromatic carbocycles. The summed E-state index contributed by atoms with van der Waals surface area (Å²) in [5.41, 5.74) is 0. The number of hydrogen-bond donors (Lipinski definition) is 6. The average molecular weight is 894 g/mol.